The van der Waals surface area contributed by atoms with Crippen molar-refractivity contribution in [1.29, 1.82) is 0 Å². The van der Waals surface area contributed by atoms with Gasteiger partial charge in [-0.25, -0.2) is 0 Å². The molecule has 11 heteroatoms. The van der Waals surface area contributed by atoms with Crippen molar-refractivity contribution in [3.8, 4) is 17.2 Å². The Morgan fingerprint density at radius 2 is 1.96 bits per heavy atom. The molecule has 2 unspecified atom stereocenters. The van der Waals surface area contributed by atoms with Gasteiger partial charge in [0.15, 0.2) is 11.5 Å². The lowest BCUT2D eigenvalue weighted by molar-refractivity contribution is -0.274. The van der Waals surface area contributed by atoms with Crippen LogP contribution in [0.5, 0.6) is 17.2 Å². The number of nitrogens with zero attached hydrogens (tertiary/aromatic N) is 2. The number of carbonyl (C=O) groups excluding carboxylic acids is 2. The molecule has 8 nitrogen and oxygen atoms in total. The number of rotatable bonds is 9. The summed E-state index contributed by atoms with van der Waals surface area (Å²) in [5.41, 5.74) is 0.471. The van der Waals surface area contributed by atoms with Gasteiger partial charge in [-0.05, 0) is 92.3 Å². The van der Waals surface area contributed by atoms with Gasteiger partial charge in [-0.3, -0.25) is 14.5 Å². The van der Waals surface area contributed by atoms with E-state index in [9.17, 15) is 27.9 Å². The van der Waals surface area contributed by atoms with Crippen molar-refractivity contribution < 1.29 is 42.1 Å². The Balaban J connectivity index is 1.26. The van der Waals surface area contributed by atoms with E-state index in [1.54, 1.807) is 17.0 Å². The van der Waals surface area contributed by atoms with Gasteiger partial charge >= 0.3 is 12.3 Å². The van der Waals surface area contributed by atoms with Gasteiger partial charge in [0.05, 0.1) is 17.1 Å². The van der Waals surface area contributed by atoms with Gasteiger partial charge < -0.3 is 24.2 Å². The molecule has 5 aliphatic rings. The summed E-state index contributed by atoms with van der Waals surface area (Å²) in [7, 11) is 0. The molecule has 2 aromatic rings. The number of ether oxygens (including phenoxy) is 3. The van der Waals surface area contributed by atoms with E-state index in [2.05, 4.69) is 9.64 Å². The quantitative estimate of drug-likeness (QED) is 0.213. The lowest BCUT2D eigenvalue weighted by Crippen LogP contribution is -2.78. The minimum atomic E-state index is -4.82. The molecule has 3 fully saturated rings. The van der Waals surface area contributed by atoms with E-state index in [1.165, 1.54) is 50.1 Å². The molecule has 1 amide bonds. The van der Waals surface area contributed by atoms with Gasteiger partial charge in [0, 0.05) is 37.7 Å². The van der Waals surface area contributed by atoms with Crippen LogP contribution in [0.2, 0.25) is 0 Å². The second-order valence-corrected chi connectivity index (χ2v) is 14.3. The molecule has 2 bridgehead atoms. The first-order valence-electron chi connectivity index (χ1n) is 16.6. The standard InChI is InChI=1S/C36H41F3N2O6/c1-21(2)19-41(30(43)12-9-23-5-4-6-26(17-23)47-36(37,38)39)27-13-14-35(44)29-18-25-10-11-28(45-22(3)42)32-31(25)34(35,33(27)46-32)15-16-40(29)20-24-7-8-24/h4-6,9-12,17,21,24,27,29,33,44H,7-8,13-16,18-20H2,1-3H3/b12-9+/t27?,29-,33?,34+,35-/m1/s1. The molecule has 5 atom stereocenters. The lowest BCUT2D eigenvalue weighted by atomic mass is 9.48. The fourth-order valence-electron chi connectivity index (χ4n) is 8.86. The van der Waals surface area contributed by atoms with Crippen LogP contribution >= 0.6 is 0 Å². The van der Waals surface area contributed by atoms with Crippen LogP contribution in [0.25, 0.3) is 6.08 Å². The average molecular weight is 655 g/mol. The van der Waals surface area contributed by atoms with E-state index in [0.717, 1.165) is 24.2 Å². The zero-order chi connectivity index (χ0) is 33.3. The van der Waals surface area contributed by atoms with Gasteiger partial charge in [-0.2, -0.15) is 0 Å². The summed E-state index contributed by atoms with van der Waals surface area (Å²) >= 11 is 0. The van der Waals surface area contributed by atoms with E-state index in [0.29, 0.717) is 55.2 Å². The van der Waals surface area contributed by atoms with Gasteiger partial charge in [-0.1, -0.05) is 32.0 Å². The molecule has 1 saturated heterocycles. The molecule has 3 aliphatic carbocycles. The highest BCUT2D eigenvalue weighted by atomic mass is 19.4. The highest BCUT2D eigenvalue weighted by Crippen LogP contribution is 2.66. The largest absolute Gasteiger partial charge is 0.573 e. The predicted molar refractivity (Wildman–Crippen MR) is 167 cm³/mol. The summed E-state index contributed by atoms with van der Waals surface area (Å²) in [6.07, 6.45) is 2.18. The molecule has 1 N–H and O–H groups in total. The zero-order valence-electron chi connectivity index (χ0n) is 26.9. The Bertz CT molecular complexity index is 1610. The summed E-state index contributed by atoms with van der Waals surface area (Å²) in [6.45, 7) is 7.56. The van der Waals surface area contributed by atoms with E-state index >= 15 is 0 Å². The van der Waals surface area contributed by atoms with Crippen LogP contribution in [0.4, 0.5) is 13.2 Å². The first-order valence-corrected chi connectivity index (χ1v) is 16.6. The molecule has 1 spiro atoms. The normalized spacial score (nSPS) is 29.4. The van der Waals surface area contributed by atoms with Crippen molar-refractivity contribution >= 4 is 18.0 Å². The van der Waals surface area contributed by atoms with Gasteiger partial charge in [0.25, 0.3) is 0 Å². The first-order chi connectivity index (χ1) is 22.3. The fourth-order valence-corrected chi connectivity index (χ4v) is 8.86. The Hall–Kier alpha value is -3.57. The number of piperidine rings is 1. The Morgan fingerprint density at radius 1 is 1.17 bits per heavy atom. The molecular formula is C36H41F3N2O6. The van der Waals surface area contributed by atoms with Crippen LogP contribution in [0.1, 0.15) is 69.6 Å². The van der Waals surface area contributed by atoms with Crippen LogP contribution in [0.3, 0.4) is 0 Å². The first kappa shape index (κ1) is 32.0. The van der Waals surface area contributed by atoms with Crippen LogP contribution < -0.4 is 14.2 Å². The Morgan fingerprint density at radius 3 is 2.66 bits per heavy atom. The maximum Gasteiger partial charge on any atom is 0.573 e. The minimum absolute atomic E-state index is 0.0951. The van der Waals surface area contributed by atoms with Crippen molar-refractivity contribution in [3.05, 3.63) is 59.2 Å². The molecule has 47 heavy (non-hydrogen) atoms. The number of esters is 1. The topological polar surface area (TPSA) is 88.5 Å². The van der Waals surface area contributed by atoms with Crippen LogP contribution in [0.15, 0.2) is 42.5 Å². The zero-order valence-corrected chi connectivity index (χ0v) is 26.9. The fraction of sp³-hybridized carbons (Fsp3) is 0.556. The lowest BCUT2D eigenvalue weighted by Gasteiger charge is -2.65. The van der Waals surface area contributed by atoms with Crippen molar-refractivity contribution in [2.75, 3.05) is 19.6 Å². The van der Waals surface area contributed by atoms with Crippen molar-refractivity contribution in [2.24, 2.45) is 11.8 Å². The highest BCUT2D eigenvalue weighted by molar-refractivity contribution is 5.92. The predicted octanol–water partition coefficient (Wildman–Crippen LogP) is 5.64. The number of likely N-dealkylation sites (tertiary alicyclic amines) is 1. The van der Waals surface area contributed by atoms with E-state index < -0.39 is 35.5 Å². The van der Waals surface area contributed by atoms with Gasteiger partial charge in [0.2, 0.25) is 5.91 Å². The number of aliphatic hydroxyl groups is 1. The average Bonchev–Trinajstić information content (AvgIpc) is 3.73. The SMILES string of the molecule is CC(=O)Oc1ccc2c3c1OC1C(N(CC(C)C)C(=O)/C=C/c4cccc(OC(F)(F)F)c4)CC[C@@]4(O)[C@@H](C2)N(CC2CC2)CC[C@]314. The number of benzene rings is 2. The summed E-state index contributed by atoms with van der Waals surface area (Å²) in [6, 6.07) is 8.76. The van der Waals surface area contributed by atoms with E-state index in [4.69, 9.17) is 9.47 Å². The smallest absolute Gasteiger partial charge is 0.483 e. The molecule has 2 heterocycles. The molecular weight excluding hydrogens is 613 g/mol. The number of hydrogen-bond acceptors (Lipinski definition) is 7. The van der Waals surface area contributed by atoms with Crippen LogP contribution in [-0.2, 0) is 21.4 Å². The molecule has 2 saturated carbocycles. The molecule has 0 radical (unpaired) electrons. The molecule has 0 aromatic heterocycles. The van der Waals surface area contributed by atoms with E-state index in [1.807, 2.05) is 19.9 Å². The number of alkyl halides is 3. The molecule has 2 aliphatic heterocycles. The highest BCUT2D eigenvalue weighted by Gasteiger charge is 2.73. The molecule has 252 valence electrons. The van der Waals surface area contributed by atoms with Crippen LogP contribution in [-0.4, -0.2) is 76.6 Å². The number of hydrogen-bond donors (Lipinski definition) is 1. The summed E-state index contributed by atoms with van der Waals surface area (Å²) in [5, 5.41) is 12.9. The van der Waals surface area contributed by atoms with Crippen molar-refractivity contribution in [2.45, 2.75) is 94.9 Å². The Kier molecular flexibility index (Phi) is 7.86. The number of carbonyl (C=O) groups is 2. The Labute approximate surface area is 272 Å². The summed E-state index contributed by atoms with van der Waals surface area (Å²) < 4.78 is 55.0. The van der Waals surface area contributed by atoms with Crippen molar-refractivity contribution in [1.82, 2.24) is 9.80 Å². The monoisotopic (exact) mass is 654 g/mol. The second-order valence-electron chi connectivity index (χ2n) is 14.3. The second kappa shape index (κ2) is 11.5. The molecule has 2 aromatic carbocycles. The number of amides is 1. The van der Waals surface area contributed by atoms with E-state index in [-0.39, 0.29) is 23.6 Å². The van der Waals surface area contributed by atoms with Crippen molar-refractivity contribution in [3.63, 3.8) is 0 Å². The van der Waals surface area contributed by atoms with Gasteiger partial charge in [-0.15, -0.1) is 13.2 Å². The van der Waals surface area contributed by atoms with Crippen LogP contribution in [0, 0.1) is 11.8 Å². The maximum absolute atomic E-state index is 14.1. The summed E-state index contributed by atoms with van der Waals surface area (Å²) in [4.78, 5) is 30.5. The number of halogens is 3. The third-order valence-electron chi connectivity index (χ3n) is 10.7. The summed E-state index contributed by atoms with van der Waals surface area (Å²) in [5.74, 6) is 0.431. The minimum Gasteiger partial charge on any atom is -0.483 e. The maximum atomic E-state index is 14.1. The third-order valence-corrected chi connectivity index (χ3v) is 10.7. The van der Waals surface area contributed by atoms with Gasteiger partial charge in [0.1, 0.15) is 11.9 Å². The molecule has 7 rings (SSSR count). The third kappa shape index (κ3) is 5.59.